The molecule has 0 unspecified atom stereocenters. The zero-order chi connectivity index (χ0) is 20.1. The number of methoxy groups -OCH3 is 1. The zero-order valence-electron chi connectivity index (χ0n) is 16.2. The van der Waals surface area contributed by atoms with E-state index in [-0.39, 0.29) is 24.5 Å². The lowest BCUT2D eigenvalue weighted by Crippen LogP contribution is -2.43. The summed E-state index contributed by atoms with van der Waals surface area (Å²) in [4.78, 5) is 27.4. The number of urea groups is 1. The Balaban J connectivity index is 1.88. The molecular weight excluding hydrogens is 376 g/mol. The molecule has 1 aromatic carbocycles. The molecule has 7 nitrogen and oxygen atoms in total. The largest absolute Gasteiger partial charge is 0.496 e. The van der Waals surface area contributed by atoms with Gasteiger partial charge in [0.05, 0.1) is 23.7 Å². The highest BCUT2D eigenvalue weighted by atomic mass is 32.1. The van der Waals surface area contributed by atoms with E-state index >= 15 is 0 Å². The van der Waals surface area contributed by atoms with E-state index in [1.165, 1.54) is 9.91 Å². The molecule has 0 aliphatic carbocycles. The fourth-order valence-electron chi connectivity index (χ4n) is 3.15. The van der Waals surface area contributed by atoms with E-state index in [0.29, 0.717) is 18.7 Å². The van der Waals surface area contributed by atoms with Crippen LogP contribution in [0.5, 0.6) is 5.75 Å². The number of likely N-dealkylation sites (N-methyl/N-ethyl adjacent to an activating group) is 1. The number of nitrogens with zero attached hydrogens (tertiary/aromatic N) is 3. The van der Waals surface area contributed by atoms with Crippen LogP contribution in [0, 0.1) is 0 Å². The number of thiophene rings is 1. The smallest absolute Gasteiger partial charge is 0.317 e. The van der Waals surface area contributed by atoms with Gasteiger partial charge in [-0.3, -0.25) is 4.79 Å². The van der Waals surface area contributed by atoms with Gasteiger partial charge in [0, 0.05) is 25.6 Å². The number of rotatable bonds is 6. The number of hydrogen-bond acceptors (Lipinski definition) is 5. The molecule has 1 atom stereocenters. The molecule has 1 aliphatic rings. The van der Waals surface area contributed by atoms with Gasteiger partial charge in [-0.15, -0.1) is 11.3 Å². The molecule has 1 aliphatic heterocycles. The van der Waals surface area contributed by atoms with Crippen molar-refractivity contribution in [3.05, 3.63) is 52.2 Å². The summed E-state index contributed by atoms with van der Waals surface area (Å²) in [6, 6.07) is 11.0. The summed E-state index contributed by atoms with van der Waals surface area (Å²) in [5.74, 6) is 0.473. The fourth-order valence-corrected chi connectivity index (χ4v) is 3.87. The molecule has 0 saturated heterocycles. The molecule has 0 saturated carbocycles. The monoisotopic (exact) mass is 400 g/mol. The first-order valence-electron chi connectivity index (χ1n) is 9.10. The summed E-state index contributed by atoms with van der Waals surface area (Å²) in [5.41, 5.74) is 1.76. The highest BCUT2D eigenvalue weighted by molar-refractivity contribution is 7.12. The second kappa shape index (κ2) is 8.88. The fraction of sp³-hybridized carbons (Fsp3) is 0.350. The van der Waals surface area contributed by atoms with Crippen molar-refractivity contribution in [2.75, 3.05) is 27.2 Å². The minimum Gasteiger partial charge on any atom is -0.496 e. The minimum atomic E-state index is -0.286. The SMILES string of the molecule is CCNC(=O)N(C)CC(=O)N1N=C(c2cccs2)C[C@H]1c1ccccc1OC. The number of ether oxygens (including phenoxy) is 1. The quantitative estimate of drug-likeness (QED) is 0.810. The Kier molecular flexibility index (Phi) is 6.30. The molecule has 2 heterocycles. The molecule has 1 aromatic heterocycles. The lowest BCUT2D eigenvalue weighted by molar-refractivity contribution is -0.133. The van der Waals surface area contributed by atoms with Crippen molar-refractivity contribution in [1.29, 1.82) is 0 Å². The van der Waals surface area contributed by atoms with Crippen LogP contribution < -0.4 is 10.1 Å². The number of hydrogen-bond donors (Lipinski definition) is 1. The zero-order valence-corrected chi connectivity index (χ0v) is 17.0. The van der Waals surface area contributed by atoms with Gasteiger partial charge in [0.25, 0.3) is 5.91 Å². The van der Waals surface area contributed by atoms with Crippen molar-refractivity contribution in [1.82, 2.24) is 15.2 Å². The number of hydrazone groups is 1. The summed E-state index contributed by atoms with van der Waals surface area (Å²) in [6.07, 6.45) is 0.595. The Bertz CT molecular complexity index is 866. The highest BCUT2D eigenvalue weighted by Gasteiger charge is 2.35. The first kappa shape index (κ1) is 19.9. The molecule has 3 amide bonds. The average Bonchev–Trinajstić information content (AvgIpc) is 3.37. The van der Waals surface area contributed by atoms with E-state index in [9.17, 15) is 9.59 Å². The van der Waals surface area contributed by atoms with Crippen LogP contribution in [0.15, 0.2) is 46.9 Å². The summed E-state index contributed by atoms with van der Waals surface area (Å²) < 4.78 is 5.50. The first-order valence-corrected chi connectivity index (χ1v) is 9.98. The number of carbonyl (C=O) groups is 2. The lowest BCUT2D eigenvalue weighted by Gasteiger charge is -2.25. The summed E-state index contributed by atoms with van der Waals surface area (Å²) in [6.45, 7) is 2.29. The van der Waals surface area contributed by atoms with E-state index in [4.69, 9.17) is 4.74 Å². The molecule has 148 valence electrons. The lowest BCUT2D eigenvalue weighted by atomic mass is 10.00. The van der Waals surface area contributed by atoms with Crippen molar-refractivity contribution in [2.45, 2.75) is 19.4 Å². The Morgan fingerprint density at radius 3 is 2.79 bits per heavy atom. The number of carbonyl (C=O) groups excluding carboxylic acids is 2. The maximum atomic E-state index is 13.0. The van der Waals surface area contributed by atoms with Gasteiger partial charge in [-0.2, -0.15) is 5.10 Å². The van der Waals surface area contributed by atoms with Gasteiger partial charge in [0.15, 0.2) is 0 Å². The third-order valence-corrected chi connectivity index (χ3v) is 5.44. The molecule has 2 aromatic rings. The third-order valence-electron chi connectivity index (χ3n) is 4.52. The predicted molar refractivity (Wildman–Crippen MR) is 110 cm³/mol. The van der Waals surface area contributed by atoms with Crippen LogP contribution in [-0.4, -0.2) is 54.8 Å². The van der Waals surface area contributed by atoms with Crippen molar-refractivity contribution < 1.29 is 14.3 Å². The van der Waals surface area contributed by atoms with Crippen LogP contribution >= 0.6 is 11.3 Å². The maximum Gasteiger partial charge on any atom is 0.317 e. The van der Waals surface area contributed by atoms with Gasteiger partial charge in [-0.05, 0) is 24.4 Å². The Morgan fingerprint density at radius 2 is 2.11 bits per heavy atom. The minimum absolute atomic E-state index is 0.0568. The Labute approximate surface area is 168 Å². The first-order chi connectivity index (χ1) is 13.5. The van der Waals surface area contributed by atoms with Crippen LogP contribution in [0.2, 0.25) is 0 Å². The summed E-state index contributed by atoms with van der Waals surface area (Å²) in [7, 11) is 3.21. The number of para-hydroxylation sites is 1. The third kappa shape index (κ3) is 4.17. The van der Waals surface area contributed by atoms with Gasteiger partial charge in [-0.1, -0.05) is 24.3 Å². The van der Waals surface area contributed by atoms with Crippen LogP contribution in [0.25, 0.3) is 0 Å². The van der Waals surface area contributed by atoms with Crippen molar-refractivity contribution in [3.8, 4) is 5.75 Å². The van der Waals surface area contributed by atoms with Crippen molar-refractivity contribution in [2.24, 2.45) is 5.10 Å². The van der Waals surface area contributed by atoms with E-state index in [0.717, 1.165) is 16.2 Å². The molecule has 8 heteroatoms. The van der Waals surface area contributed by atoms with Gasteiger partial charge in [-0.25, -0.2) is 9.80 Å². The maximum absolute atomic E-state index is 13.0. The number of benzene rings is 1. The van der Waals surface area contributed by atoms with Crippen LogP contribution in [-0.2, 0) is 4.79 Å². The van der Waals surface area contributed by atoms with E-state index in [2.05, 4.69) is 10.4 Å². The highest BCUT2D eigenvalue weighted by Crippen LogP contribution is 2.37. The second-order valence-corrected chi connectivity index (χ2v) is 7.36. The topological polar surface area (TPSA) is 74.2 Å². The van der Waals surface area contributed by atoms with Gasteiger partial charge in [0.1, 0.15) is 12.3 Å². The number of nitrogens with one attached hydrogen (secondary N) is 1. The van der Waals surface area contributed by atoms with Gasteiger partial charge < -0.3 is 15.0 Å². The Morgan fingerprint density at radius 1 is 1.32 bits per heavy atom. The van der Waals surface area contributed by atoms with E-state index < -0.39 is 0 Å². The molecule has 1 N–H and O–H groups in total. The molecule has 0 fully saturated rings. The van der Waals surface area contributed by atoms with Crippen LogP contribution in [0.3, 0.4) is 0 Å². The molecule has 28 heavy (non-hydrogen) atoms. The second-order valence-electron chi connectivity index (χ2n) is 6.42. The standard InChI is InChI=1S/C20H24N4O3S/c1-4-21-20(26)23(2)13-19(25)24-16(14-8-5-6-9-17(14)27-3)12-15(22-24)18-10-7-11-28-18/h5-11,16H,4,12-13H2,1-3H3,(H,21,26)/t16-/m0/s1. The summed E-state index contributed by atoms with van der Waals surface area (Å²) in [5, 5.41) is 10.8. The Hall–Kier alpha value is -2.87. The van der Waals surface area contributed by atoms with Gasteiger partial charge >= 0.3 is 6.03 Å². The van der Waals surface area contributed by atoms with E-state index in [1.807, 2.05) is 48.7 Å². The summed E-state index contributed by atoms with van der Waals surface area (Å²) >= 11 is 1.59. The van der Waals surface area contributed by atoms with Crippen molar-refractivity contribution in [3.63, 3.8) is 0 Å². The predicted octanol–water partition coefficient (Wildman–Crippen LogP) is 3.10. The number of amides is 3. The van der Waals surface area contributed by atoms with Crippen LogP contribution in [0.4, 0.5) is 4.79 Å². The molecule has 3 rings (SSSR count). The van der Waals surface area contributed by atoms with Crippen LogP contribution in [0.1, 0.15) is 29.8 Å². The average molecular weight is 401 g/mol. The molecule has 0 radical (unpaired) electrons. The molecule has 0 bridgehead atoms. The molecular formula is C20H24N4O3S. The normalized spacial score (nSPS) is 15.9. The van der Waals surface area contributed by atoms with Gasteiger partial charge in [0.2, 0.25) is 0 Å². The van der Waals surface area contributed by atoms with E-state index in [1.54, 1.807) is 25.5 Å². The molecule has 0 spiro atoms. The van der Waals surface area contributed by atoms with Crippen molar-refractivity contribution >= 4 is 29.0 Å².